The molecule has 4 rings (SSSR count). The van der Waals surface area contributed by atoms with Crippen LogP contribution in [-0.4, -0.2) is 11.6 Å². The van der Waals surface area contributed by atoms with E-state index >= 15 is 0 Å². The van der Waals surface area contributed by atoms with E-state index in [0.717, 1.165) is 12.8 Å². The van der Waals surface area contributed by atoms with Crippen LogP contribution in [-0.2, 0) is 0 Å². The second kappa shape index (κ2) is 4.27. The van der Waals surface area contributed by atoms with E-state index in [4.69, 9.17) is 0 Å². The molecule has 2 nitrogen and oxygen atoms in total. The molecule has 2 unspecified atom stereocenters. The molecule has 2 heteroatoms. The van der Waals surface area contributed by atoms with Crippen LogP contribution >= 0.6 is 0 Å². The summed E-state index contributed by atoms with van der Waals surface area (Å²) in [6.45, 7) is 0. The third-order valence-corrected chi connectivity index (χ3v) is 4.77. The SMILES string of the molecule is O=C1c2ccccc2C(=O)C2C=C3CCCCC3=CC12. The number of rotatable bonds is 0. The summed E-state index contributed by atoms with van der Waals surface area (Å²) < 4.78 is 0. The molecule has 0 saturated heterocycles. The van der Waals surface area contributed by atoms with Crippen molar-refractivity contribution in [1.82, 2.24) is 0 Å². The Labute approximate surface area is 118 Å². The zero-order chi connectivity index (χ0) is 13.7. The van der Waals surface area contributed by atoms with Crippen molar-refractivity contribution in [2.75, 3.05) is 0 Å². The Kier molecular flexibility index (Phi) is 2.53. The molecule has 1 saturated carbocycles. The average Bonchev–Trinajstić information content (AvgIpc) is 2.51. The van der Waals surface area contributed by atoms with Gasteiger partial charge in [-0.15, -0.1) is 0 Å². The van der Waals surface area contributed by atoms with Crippen molar-refractivity contribution >= 4 is 11.6 Å². The highest BCUT2D eigenvalue weighted by atomic mass is 16.1. The van der Waals surface area contributed by atoms with Crippen molar-refractivity contribution in [3.8, 4) is 0 Å². The first kappa shape index (κ1) is 11.8. The second-order valence-electron chi connectivity index (χ2n) is 5.92. The third kappa shape index (κ3) is 1.57. The van der Waals surface area contributed by atoms with Crippen LogP contribution in [0, 0.1) is 11.8 Å². The minimum atomic E-state index is -0.269. The van der Waals surface area contributed by atoms with Gasteiger partial charge in [0.2, 0.25) is 0 Å². The topological polar surface area (TPSA) is 34.1 Å². The highest BCUT2D eigenvalue weighted by Crippen LogP contribution is 2.41. The maximum Gasteiger partial charge on any atom is 0.171 e. The van der Waals surface area contributed by atoms with Gasteiger partial charge in [-0.3, -0.25) is 9.59 Å². The minimum absolute atomic E-state index is 0.110. The fourth-order valence-electron chi connectivity index (χ4n) is 3.72. The molecule has 0 radical (unpaired) electrons. The number of benzene rings is 1. The van der Waals surface area contributed by atoms with E-state index in [1.54, 1.807) is 12.1 Å². The number of Topliss-reactive ketones (excluding diaryl/α,β-unsaturated/α-hetero) is 2. The van der Waals surface area contributed by atoms with Crippen LogP contribution in [0.3, 0.4) is 0 Å². The molecule has 0 spiro atoms. The molecule has 0 aliphatic heterocycles. The van der Waals surface area contributed by atoms with E-state index in [1.165, 1.54) is 24.0 Å². The molecular formula is C18H16O2. The molecule has 3 aliphatic carbocycles. The Balaban J connectivity index is 1.85. The van der Waals surface area contributed by atoms with Gasteiger partial charge in [0, 0.05) is 11.1 Å². The lowest BCUT2D eigenvalue weighted by Crippen LogP contribution is -2.36. The van der Waals surface area contributed by atoms with Gasteiger partial charge in [-0.05, 0) is 36.8 Å². The zero-order valence-electron chi connectivity index (χ0n) is 11.3. The quantitative estimate of drug-likeness (QED) is 0.715. The number of carbonyl (C=O) groups is 2. The van der Waals surface area contributed by atoms with Crippen LogP contribution in [0.25, 0.3) is 0 Å². The molecular weight excluding hydrogens is 248 g/mol. The van der Waals surface area contributed by atoms with Gasteiger partial charge >= 0.3 is 0 Å². The fraction of sp³-hybridized carbons (Fsp3) is 0.333. The molecule has 0 bridgehead atoms. The van der Waals surface area contributed by atoms with Crippen LogP contribution in [0.5, 0.6) is 0 Å². The van der Waals surface area contributed by atoms with E-state index in [-0.39, 0.29) is 23.4 Å². The summed E-state index contributed by atoms with van der Waals surface area (Å²) in [6, 6.07) is 7.24. The van der Waals surface area contributed by atoms with Crippen molar-refractivity contribution in [1.29, 1.82) is 0 Å². The van der Waals surface area contributed by atoms with Gasteiger partial charge in [-0.2, -0.15) is 0 Å². The van der Waals surface area contributed by atoms with Gasteiger partial charge in [-0.25, -0.2) is 0 Å². The first-order valence-electron chi connectivity index (χ1n) is 7.35. The van der Waals surface area contributed by atoms with E-state index in [0.29, 0.717) is 11.1 Å². The van der Waals surface area contributed by atoms with E-state index in [2.05, 4.69) is 12.2 Å². The molecule has 1 aromatic carbocycles. The van der Waals surface area contributed by atoms with Gasteiger partial charge < -0.3 is 0 Å². The number of allylic oxidation sites excluding steroid dienone is 4. The van der Waals surface area contributed by atoms with E-state index in [9.17, 15) is 9.59 Å². The highest BCUT2D eigenvalue weighted by Gasteiger charge is 2.41. The van der Waals surface area contributed by atoms with Crippen LogP contribution in [0.2, 0.25) is 0 Å². The lowest BCUT2D eigenvalue weighted by Gasteiger charge is -2.33. The van der Waals surface area contributed by atoms with Gasteiger partial charge in [0.05, 0.1) is 11.8 Å². The average molecular weight is 264 g/mol. The summed E-state index contributed by atoms with van der Waals surface area (Å²) in [4.78, 5) is 25.3. The molecule has 20 heavy (non-hydrogen) atoms. The molecule has 0 amide bonds. The monoisotopic (exact) mass is 264 g/mol. The van der Waals surface area contributed by atoms with Crippen molar-refractivity contribution in [2.24, 2.45) is 11.8 Å². The summed E-state index contributed by atoms with van der Waals surface area (Å²) in [5, 5.41) is 0. The Morgan fingerprint density at radius 2 is 1.20 bits per heavy atom. The summed E-state index contributed by atoms with van der Waals surface area (Å²) in [5.41, 5.74) is 3.81. The summed E-state index contributed by atoms with van der Waals surface area (Å²) in [7, 11) is 0. The van der Waals surface area contributed by atoms with Crippen molar-refractivity contribution in [2.45, 2.75) is 25.7 Å². The minimum Gasteiger partial charge on any atom is -0.293 e. The van der Waals surface area contributed by atoms with Gasteiger partial charge in [0.25, 0.3) is 0 Å². The standard InChI is InChI=1S/C18H16O2/c19-17-13-7-3-4-8-14(13)18(20)16-10-12-6-2-1-5-11(12)9-15(16)17/h3-4,7-10,15-16H,1-2,5-6H2. The zero-order valence-corrected chi connectivity index (χ0v) is 11.3. The van der Waals surface area contributed by atoms with Gasteiger partial charge in [-0.1, -0.05) is 36.4 Å². The molecule has 2 atom stereocenters. The predicted molar refractivity (Wildman–Crippen MR) is 76.7 cm³/mol. The molecule has 0 aromatic heterocycles. The van der Waals surface area contributed by atoms with Crippen molar-refractivity contribution in [3.63, 3.8) is 0 Å². The lowest BCUT2D eigenvalue weighted by atomic mass is 9.68. The van der Waals surface area contributed by atoms with Gasteiger partial charge in [0.1, 0.15) is 0 Å². The molecule has 100 valence electrons. The Morgan fingerprint density at radius 1 is 0.750 bits per heavy atom. The number of carbonyl (C=O) groups excluding carboxylic acids is 2. The molecule has 1 aromatic rings. The normalized spacial score (nSPS) is 28.0. The molecule has 0 N–H and O–H groups in total. The Bertz CT molecular complexity index is 619. The maximum atomic E-state index is 12.6. The van der Waals surface area contributed by atoms with E-state index < -0.39 is 0 Å². The van der Waals surface area contributed by atoms with E-state index in [1.807, 2.05) is 12.1 Å². The predicted octanol–water partition coefficient (Wildman–Crippen LogP) is 3.74. The van der Waals surface area contributed by atoms with Crippen molar-refractivity contribution < 1.29 is 9.59 Å². The number of hydrogen-bond donors (Lipinski definition) is 0. The number of hydrogen-bond acceptors (Lipinski definition) is 2. The molecule has 1 fully saturated rings. The van der Waals surface area contributed by atoms with Gasteiger partial charge in [0.15, 0.2) is 11.6 Å². The first-order chi connectivity index (χ1) is 9.75. The Morgan fingerprint density at radius 3 is 1.65 bits per heavy atom. The van der Waals surface area contributed by atoms with Crippen molar-refractivity contribution in [3.05, 3.63) is 58.7 Å². The fourth-order valence-corrected chi connectivity index (χ4v) is 3.72. The Hall–Kier alpha value is -1.96. The van der Waals surface area contributed by atoms with Crippen LogP contribution in [0.4, 0.5) is 0 Å². The van der Waals surface area contributed by atoms with Crippen LogP contribution in [0.15, 0.2) is 47.6 Å². The summed E-state index contributed by atoms with van der Waals surface area (Å²) in [6.07, 6.45) is 8.65. The summed E-state index contributed by atoms with van der Waals surface area (Å²) in [5.74, 6) is -0.319. The molecule has 0 heterocycles. The highest BCUT2D eigenvalue weighted by molar-refractivity contribution is 6.17. The summed E-state index contributed by atoms with van der Waals surface area (Å²) >= 11 is 0. The smallest absolute Gasteiger partial charge is 0.171 e. The maximum absolute atomic E-state index is 12.6. The number of ketones is 2. The van der Waals surface area contributed by atoms with Crippen LogP contribution < -0.4 is 0 Å². The molecule has 3 aliphatic rings. The first-order valence-corrected chi connectivity index (χ1v) is 7.35. The third-order valence-electron chi connectivity index (χ3n) is 4.77. The lowest BCUT2D eigenvalue weighted by molar-refractivity contribution is 0.0799. The second-order valence-corrected chi connectivity index (χ2v) is 5.92. The largest absolute Gasteiger partial charge is 0.293 e. The van der Waals surface area contributed by atoms with Crippen LogP contribution in [0.1, 0.15) is 46.4 Å². The number of fused-ring (bicyclic) bond motifs is 3.